The molecule has 0 unspecified atom stereocenters. The fourth-order valence-electron chi connectivity index (χ4n) is 3.82. The van der Waals surface area contributed by atoms with E-state index < -0.39 is 6.09 Å². The number of likely N-dealkylation sites (tertiary alicyclic amines) is 1. The van der Waals surface area contributed by atoms with Crippen LogP contribution in [0.25, 0.3) is 0 Å². The summed E-state index contributed by atoms with van der Waals surface area (Å²) in [5, 5.41) is 2.92. The Hall–Kier alpha value is -2.91. The van der Waals surface area contributed by atoms with Crippen LogP contribution in [0.15, 0.2) is 0 Å². The topological polar surface area (TPSA) is 108 Å². The average Bonchev–Trinajstić information content (AvgIpc) is 3.38. The maximum atomic E-state index is 13.0. The molecule has 3 aliphatic heterocycles. The molecule has 0 radical (unpaired) electrons. The van der Waals surface area contributed by atoms with Crippen molar-refractivity contribution in [3.63, 3.8) is 0 Å². The smallest absolute Gasteiger partial charge is 0.410 e. The van der Waals surface area contributed by atoms with Crippen molar-refractivity contribution in [3.05, 3.63) is 17.0 Å². The van der Waals surface area contributed by atoms with Crippen molar-refractivity contribution in [2.24, 2.45) is 0 Å². The number of aromatic nitrogens is 2. The minimum absolute atomic E-state index is 0.0149. The monoisotopic (exact) mass is 388 g/mol. The van der Waals surface area contributed by atoms with Crippen LogP contribution in [0.5, 0.6) is 0 Å². The van der Waals surface area contributed by atoms with Crippen molar-refractivity contribution in [1.82, 2.24) is 24.7 Å². The second-order valence-corrected chi connectivity index (χ2v) is 7.17. The lowest BCUT2D eigenvalue weighted by molar-refractivity contribution is -0.132. The molecule has 10 nitrogen and oxygen atoms in total. The highest BCUT2D eigenvalue weighted by Gasteiger charge is 2.32. The third-order valence-electron chi connectivity index (χ3n) is 5.40. The SMILES string of the molecule is CNc1nc2c(c(C(=O)N3CCCC3)n1)CN(C(=O)CN1CCOC1=O)CC2. The first kappa shape index (κ1) is 18.5. The Labute approximate surface area is 162 Å². The average molecular weight is 388 g/mol. The van der Waals surface area contributed by atoms with E-state index in [4.69, 9.17) is 4.74 Å². The van der Waals surface area contributed by atoms with Crippen LogP contribution in [0.1, 0.15) is 34.6 Å². The minimum Gasteiger partial charge on any atom is -0.448 e. The number of anilines is 1. The summed E-state index contributed by atoms with van der Waals surface area (Å²) in [5.41, 5.74) is 1.88. The number of nitrogens with zero attached hydrogens (tertiary/aromatic N) is 5. The summed E-state index contributed by atoms with van der Waals surface area (Å²) in [6.45, 7) is 2.94. The van der Waals surface area contributed by atoms with Gasteiger partial charge in [0.2, 0.25) is 11.9 Å². The number of fused-ring (bicyclic) bond motifs is 1. The van der Waals surface area contributed by atoms with Gasteiger partial charge < -0.3 is 19.9 Å². The first-order chi connectivity index (χ1) is 13.6. The number of carbonyl (C=O) groups is 3. The molecule has 1 aromatic heterocycles. The summed E-state index contributed by atoms with van der Waals surface area (Å²) in [6, 6.07) is 0. The second-order valence-electron chi connectivity index (χ2n) is 7.17. The summed E-state index contributed by atoms with van der Waals surface area (Å²) >= 11 is 0. The highest BCUT2D eigenvalue weighted by Crippen LogP contribution is 2.24. The van der Waals surface area contributed by atoms with E-state index in [0.29, 0.717) is 43.3 Å². The van der Waals surface area contributed by atoms with Gasteiger partial charge in [0, 0.05) is 45.2 Å². The van der Waals surface area contributed by atoms with Gasteiger partial charge in [0.25, 0.3) is 5.91 Å². The molecule has 1 N–H and O–H groups in total. The standard InChI is InChI=1S/C18H24N6O4/c1-19-17-20-13-4-7-23(14(25)11-24-8-9-28-18(24)27)10-12(13)15(21-17)16(26)22-5-2-3-6-22/h2-11H2,1H3,(H,19,20,21). The third kappa shape index (κ3) is 3.46. The summed E-state index contributed by atoms with van der Waals surface area (Å²) in [7, 11) is 1.72. The van der Waals surface area contributed by atoms with E-state index >= 15 is 0 Å². The van der Waals surface area contributed by atoms with Crippen molar-refractivity contribution in [2.75, 3.05) is 51.7 Å². The molecule has 28 heavy (non-hydrogen) atoms. The number of hydrogen-bond acceptors (Lipinski definition) is 7. The molecule has 0 spiro atoms. The van der Waals surface area contributed by atoms with Gasteiger partial charge in [-0.25, -0.2) is 14.8 Å². The molecule has 0 bridgehead atoms. The lowest BCUT2D eigenvalue weighted by Crippen LogP contribution is -2.44. The van der Waals surface area contributed by atoms with E-state index in [1.54, 1.807) is 11.9 Å². The lowest BCUT2D eigenvalue weighted by Gasteiger charge is -2.31. The zero-order valence-corrected chi connectivity index (χ0v) is 15.9. The fourth-order valence-corrected chi connectivity index (χ4v) is 3.82. The summed E-state index contributed by atoms with van der Waals surface area (Å²) < 4.78 is 4.88. The molecule has 2 saturated heterocycles. The lowest BCUT2D eigenvalue weighted by atomic mass is 10.0. The van der Waals surface area contributed by atoms with Gasteiger partial charge in [0.15, 0.2) is 0 Å². The molecule has 150 valence electrons. The predicted molar refractivity (Wildman–Crippen MR) is 98.8 cm³/mol. The largest absolute Gasteiger partial charge is 0.448 e. The van der Waals surface area contributed by atoms with Gasteiger partial charge in [-0.3, -0.25) is 14.5 Å². The quantitative estimate of drug-likeness (QED) is 0.779. The van der Waals surface area contributed by atoms with Crippen LogP contribution in [0.4, 0.5) is 10.7 Å². The normalized spacial score (nSPS) is 18.9. The zero-order chi connectivity index (χ0) is 19.7. The molecular weight excluding hydrogens is 364 g/mol. The molecule has 1 aromatic rings. The molecule has 0 aromatic carbocycles. The Morgan fingerprint density at radius 1 is 1.11 bits per heavy atom. The molecule has 4 rings (SSSR count). The zero-order valence-electron chi connectivity index (χ0n) is 15.9. The molecule has 2 fully saturated rings. The molecule has 10 heteroatoms. The first-order valence-corrected chi connectivity index (χ1v) is 9.63. The number of cyclic esters (lactones) is 1. The Morgan fingerprint density at radius 2 is 1.89 bits per heavy atom. The predicted octanol–water partition coefficient (Wildman–Crippen LogP) is 0.0912. The first-order valence-electron chi connectivity index (χ1n) is 9.63. The highest BCUT2D eigenvalue weighted by molar-refractivity contribution is 5.94. The number of ether oxygens (including phenoxy) is 1. The Bertz CT molecular complexity index is 808. The molecule has 4 heterocycles. The molecular formula is C18H24N6O4. The van der Waals surface area contributed by atoms with Crippen LogP contribution in [-0.2, 0) is 22.5 Å². The third-order valence-corrected chi connectivity index (χ3v) is 5.40. The maximum absolute atomic E-state index is 13.0. The summed E-state index contributed by atoms with van der Waals surface area (Å²) in [5.74, 6) is 0.146. The van der Waals surface area contributed by atoms with Gasteiger partial charge in [0.1, 0.15) is 18.8 Å². The van der Waals surface area contributed by atoms with E-state index in [9.17, 15) is 14.4 Å². The number of nitrogens with one attached hydrogen (secondary N) is 1. The number of rotatable bonds is 4. The number of hydrogen-bond donors (Lipinski definition) is 1. The fraction of sp³-hybridized carbons (Fsp3) is 0.611. The number of amides is 3. The van der Waals surface area contributed by atoms with E-state index in [1.807, 2.05) is 4.90 Å². The molecule has 3 aliphatic rings. The van der Waals surface area contributed by atoms with E-state index in [1.165, 1.54) is 4.90 Å². The van der Waals surface area contributed by atoms with Crippen LogP contribution >= 0.6 is 0 Å². The Balaban J connectivity index is 1.56. The van der Waals surface area contributed by atoms with Gasteiger partial charge in [-0.1, -0.05) is 0 Å². The second kappa shape index (κ2) is 7.61. The molecule has 0 atom stereocenters. The highest BCUT2D eigenvalue weighted by atomic mass is 16.6. The van der Waals surface area contributed by atoms with Gasteiger partial charge in [-0.05, 0) is 12.8 Å². The van der Waals surface area contributed by atoms with Crippen LogP contribution in [-0.4, -0.2) is 89.0 Å². The van der Waals surface area contributed by atoms with E-state index in [2.05, 4.69) is 15.3 Å². The van der Waals surface area contributed by atoms with E-state index in [-0.39, 0.29) is 24.9 Å². The summed E-state index contributed by atoms with van der Waals surface area (Å²) in [4.78, 5) is 51.1. The maximum Gasteiger partial charge on any atom is 0.410 e. The van der Waals surface area contributed by atoms with Crippen LogP contribution in [0.3, 0.4) is 0 Å². The van der Waals surface area contributed by atoms with Crippen LogP contribution < -0.4 is 5.32 Å². The van der Waals surface area contributed by atoms with E-state index in [0.717, 1.165) is 31.6 Å². The van der Waals surface area contributed by atoms with Crippen molar-refractivity contribution in [3.8, 4) is 0 Å². The van der Waals surface area contributed by atoms with Crippen LogP contribution in [0.2, 0.25) is 0 Å². The van der Waals surface area contributed by atoms with Crippen molar-refractivity contribution >= 4 is 23.9 Å². The molecule has 0 aliphatic carbocycles. The molecule has 3 amide bonds. The minimum atomic E-state index is -0.461. The Morgan fingerprint density at radius 3 is 2.57 bits per heavy atom. The van der Waals surface area contributed by atoms with Gasteiger partial charge in [-0.15, -0.1) is 0 Å². The van der Waals surface area contributed by atoms with Gasteiger partial charge in [0.05, 0.1) is 12.2 Å². The van der Waals surface area contributed by atoms with Gasteiger partial charge in [-0.2, -0.15) is 0 Å². The molecule has 0 saturated carbocycles. The van der Waals surface area contributed by atoms with Gasteiger partial charge >= 0.3 is 6.09 Å². The van der Waals surface area contributed by atoms with Crippen molar-refractivity contribution in [1.29, 1.82) is 0 Å². The number of carbonyl (C=O) groups excluding carboxylic acids is 3. The van der Waals surface area contributed by atoms with Crippen molar-refractivity contribution in [2.45, 2.75) is 25.8 Å². The summed E-state index contributed by atoms with van der Waals surface area (Å²) in [6.07, 6.45) is 2.07. The van der Waals surface area contributed by atoms with Crippen LogP contribution in [0, 0.1) is 0 Å². The Kier molecular flexibility index (Phi) is 5.01. The van der Waals surface area contributed by atoms with Crippen molar-refractivity contribution < 1.29 is 19.1 Å².